The average Bonchev–Trinajstić information content (AvgIpc) is 2.41. The van der Waals surface area contributed by atoms with Crippen LogP contribution in [-0.2, 0) is 4.74 Å². The maximum Gasteiger partial charge on any atom is 0.0674 e. The highest BCUT2D eigenvalue weighted by Gasteiger charge is 2.26. The Balaban J connectivity index is 2.59. The second kappa shape index (κ2) is 6.88. The van der Waals surface area contributed by atoms with Crippen molar-refractivity contribution in [3.8, 4) is 0 Å². The first-order valence-corrected chi connectivity index (χ1v) is 7.40. The van der Waals surface area contributed by atoms with E-state index in [9.17, 15) is 0 Å². The summed E-state index contributed by atoms with van der Waals surface area (Å²) in [6.07, 6.45) is 1.52. The van der Waals surface area contributed by atoms with Crippen LogP contribution in [0.2, 0.25) is 0 Å². The predicted molar refractivity (Wildman–Crippen MR) is 78.0 cm³/mol. The SMILES string of the molecule is CC1CN(C(CNC(C)(C)C)C(C)C)CCCO1. The average molecular weight is 256 g/mol. The topological polar surface area (TPSA) is 24.5 Å². The summed E-state index contributed by atoms with van der Waals surface area (Å²) >= 11 is 0. The molecule has 108 valence electrons. The van der Waals surface area contributed by atoms with Crippen molar-refractivity contribution in [3.05, 3.63) is 0 Å². The highest BCUT2D eigenvalue weighted by atomic mass is 16.5. The van der Waals surface area contributed by atoms with E-state index < -0.39 is 0 Å². The van der Waals surface area contributed by atoms with Gasteiger partial charge in [0, 0.05) is 37.8 Å². The smallest absolute Gasteiger partial charge is 0.0674 e. The summed E-state index contributed by atoms with van der Waals surface area (Å²) in [5.74, 6) is 0.671. The van der Waals surface area contributed by atoms with Gasteiger partial charge >= 0.3 is 0 Å². The number of hydrogen-bond acceptors (Lipinski definition) is 3. The molecular weight excluding hydrogens is 224 g/mol. The number of nitrogens with zero attached hydrogens (tertiary/aromatic N) is 1. The zero-order chi connectivity index (χ0) is 13.8. The number of hydrogen-bond donors (Lipinski definition) is 1. The molecule has 1 N–H and O–H groups in total. The summed E-state index contributed by atoms with van der Waals surface area (Å²) in [6, 6.07) is 0.605. The lowest BCUT2D eigenvalue weighted by Crippen LogP contribution is -2.51. The third-order valence-electron chi connectivity index (χ3n) is 3.56. The molecule has 0 saturated carbocycles. The number of rotatable bonds is 4. The van der Waals surface area contributed by atoms with Crippen LogP contribution in [0.5, 0.6) is 0 Å². The molecule has 0 bridgehead atoms. The fourth-order valence-corrected chi connectivity index (χ4v) is 2.52. The Hall–Kier alpha value is -0.120. The lowest BCUT2D eigenvalue weighted by molar-refractivity contribution is 0.0543. The van der Waals surface area contributed by atoms with Gasteiger partial charge in [0.05, 0.1) is 6.10 Å². The first-order chi connectivity index (χ1) is 8.29. The third kappa shape index (κ3) is 5.68. The second-order valence-electron chi connectivity index (χ2n) is 6.97. The van der Waals surface area contributed by atoms with Crippen LogP contribution >= 0.6 is 0 Å². The maximum absolute atomic E-state index is 5.75. The molecule has 0 aliphatic carbocycles. The van der Waals surface area contributed by atoms with Gasteiger partial charge in [-0.25, -0.2) is 0 Å². The maximum atomic E-state index is 5.75. The minimum Gasteiger partial charge on any atom is -0.377 e. The van der Waals surface area contributed by atoms with Crippen molar-refractivity contribution in [3.63, 3.8) is 0 Å². The van der Waals surface area contributed by atoms with Gasteiger partial charge in [0.1, 0.15) is 0 Å². The lowest BCUT2D eigenvalue weighted by Gasteiger charge is -2.36. The first-order valence-electron chi connectivity index (χ1n) is 7.40. The molecule has 18 heavy (non-hydrogen) atoms. The minimum absolute atomic E-state index is 0.196. The van der Waals surface area contributed by atoms with Crippen LogP contribution in [-0.4, -0.2) is 48.8 Å². The van der Waals surface area contributed by atoms with Gasteiger partial charge in [0.2, 0.25) is 0 Å². The summed E-state index contributed by atoms with van der Waals surface area (Å²) in [4.78, 5) is 2.61. The monoisotopic (exact) mass is 256 g/mol. The molecule has 0 amide bonds. The van der Waals surface area contributed by atoms with Crippen LogP contribution in [0.15, 0.2) is 0 Å². The summed E-state index contributed by atoms with van der Waals surface area (Å²) in [6.45, 7) is 17.7. The molecule has 2 atom stereocenters. The fourth-order valence-electron chi connectivity index (χ4n) is 2.52. The normalized spacial score (nSPS) is 25.2. The van der Waals surface area contributed by atoms with E-state index in [0.29, 0.717) is 18.1 Å². The van der Waals surface area contributed by atoms with Crippen LogP contribution in [0.25, 0.3) is 0 Å². The van der Waals surface area contributed by atoms with Gasteiger partial charge in [-0.3, -0.25) is 4.90 Å². The van der Waals surface area contributed by atoms with Crippen LogP contribution in [0.3, 0.4) is 0 Å². The van der Waals surface area contributed by atoms with E-state index in [-0.39, 0.29) is 5.54 Å². The molecule has 0 aromatic rings. The van der Waals surface area contributed by atoms with E-state index in [0.717, 1.165) is 26.1 Å². The Morgan fingerprint density at radius 3 is 2.56 bits per heavy atom. The molecular formula is C15H32N2O. The highest BCUT2D eigenvalue weighted by molar-refractivity contribution is 4.83. The molecule has 0 aromatic carbocycles. The Kier molecular flexibility index (Phi) is 6.09. The number of nitrogens with one attached hydrogen (secondary N) is 1. The van der Waals surface area contributed by atoms with Crippen molar-refractivity contribution < 1.29 is 4.74 Å². The molecule has 1 saturated heterocycles. The molecule has 1 aliphatic rings. The van der Waals surface area contributed by atoms with Gasteiger partial charge in [0.25, 0.3) is 0 Å². The summed E-state index contributed by atoms with van der Waals surface area (Å²) in [5.41, 5.74) is 0.196. The summed E-state index contributed by atoms with van der Waals surface area (Å²) in [5, 5.41) is 3.65. The van der Waals surface area contributed by atoms with E-state index in [1.807, 2.05) is 0 Å². The van der Waals surface area contributed by atoms with E-state index in [2.05, 4.69) is 51.8 Å². The van der Waals surface area contributed by atoms with E-state index in [1.54, 1.807) is 0 Å². The zero-order valence-corrected chi connectivity index (χ0v) is 13.1. The molecule has 3 heteroatoms. The van der Waals surface area contributed by atoms with Gasteiger partial charge in [-0.2, -0.15) is 0 Å². The molecule has 1 heterocycles. The predicted octanol–water partition coefficient (Wildman–Crippen LogP) is 2.51. The van der Waals surface area contributed by atoms with Crippen molar-refractivity contribution >= 4 is 0 Å². The molecule has 1 rings (SSSR count). The molecule has 0 radical (unpaired) electrons. The lowest BCUT2D eigenvalue weighted by atomic mass is 10.00. The number of ether oxygens (including phenoxy) is 1. The van der Waals surface area contributed by atoms with Gasteiger partial charge in [-0.05, 0) is 40.0 Å². The van der Waals surface area contributed by atoms with Crippen molar-refractivity contribution in [2.45, 2.75) is 65.6 Å². The largest absolute Gasteiger partial charge is 0.377 e. The van der Waals surface area contributed by atoms with E-state index in [1.165, 1.54) is 6.54 Å². The summed E-state index contributed by atoms with van der Waals surface area (Å²) < 4.78 is 5.75. The Labute approximate surface area is 113 Å². The fraction of sp³-hybridized carbons (Fsp3) is 1.00. The standard InChI is InChI=1S/C15H32N2O/c1-12(2)14(10-16-15(4,5)6)17-8-7-9-18-13(3)11-17/h12-14,16H,7-11H2,1-6H3. The summed E-state index contributed by atoms with van der Waals surface area (Å²) in [7, 11) is 0. The molecule has 0 spiro atoms. The molecule has 2 unspecified atom stereocenters. The van der Waals surface area contributed by atoms with Crippen LogP contribution in [0.4, 0.5) is 0 Å². The van der Waals surface area contributed by atoms with Crippen molar-refractivity contribution in [2.75, 3.05) is 26.2 Å². The molecule has 1 aliphatic heterocycles. The second-order valence-corrected chi connectivity index (χ2v) is 6.97. The van der Waals surface area contributed by atoms with E-state index in [4.69, 9.17) is 4.74 Å². The van der Waals surface area contributed by atoms with Gasteiger partial charge in [-0.1, -0.05) is 13.8 Å². The Bertz CT molecular complexity index is 235. The Morgan fingerprint density at radius 2 is 2.00 bits per heavy atom. The molecule has 1 fully saturated rings. The highest BCUT2D eigenvalue weighted by Crippen LogP contribution is 2.16. The van der Waals surface area contributed by atoms with Gasteiger partial charge in [-0.15, -0.1) is 0 Å². The van der Waals surface area contributed by atoms with E-state index >= 15 is 0 Å². The quantitative estimate of drug-likeness (QED) is 0.836. The molecule has 0 aromatic heterocycles. The third-order valence-corrected chi connectivity index (χ3v) is 3.56. The van der Waals surface area contributed by atoms with Crippen LogP contribution < -0.4 is 5.32 Å². The van der Waals surface area contributed by atoms with Crippen molar-refractivity contribution in [1.82, 2.24) is 10.2 Å². The minimum atomic E-state index is 0.196. The van der Waals surface area contributed by atoms with Crippen LogP contribution in [0, 0.1) is 5.92 Å². The Morgan fingerprint density at radius 1 is 1.33 bits per heavy atom. The zero-order valence-electron chi connectivity index (χ0n) is 13.1. The van der Waals surface area contributed by atoms with Crippen LogP contribution in [0.1, 0.15) is 48.0 Å². The van der Waals surface area contributed by atoms with Crippen molar-refractivity contribution in [2.24, 2.45) is 5.92 Å². The van der Waals surface area contributed by atoms with Gasteiger partial charge in [0.15, 0.2) is 0 Å². The van der Waals surface area contributed by atoms with Gasteiger partial charge < -0.3 is 10.1 Å². The van der Waals surface area contributed by atoms with Crippen molar-refractivity contribution in [1.29, 1.82) is 0 Å². The molecule has 3 nitrogen and oxygen atoms in total. The first kappa shape index (κ1) is 15.9.